The first-order valence-electron chi connectivity index (χ1n) is 17.8. The molecule has 6 atom stereocenters. The zero-order valence-corrected chi connectivity index (χ0v) is 30.0. The number of carbonyl (C=O) groups is 2. The molecule has 2 unspecified atom stereocenters. The maximum Gasteiger partial charge on any atom is 0.231 e. The van der Waals surface area contributed by atoms with E-state index in [1.165, 1.54) is 16.3 Å². The molecule has 4 aliphatic rings. The van der Waals surface area contributed by atoms with Crippen molar-refractivity contribution in [3.63, 3.8) is 0 Å². The first kappa shape index (κ1) is 33.7. The predicted molar refractivity (Wildman–Crippen MR) is 193 cm³/mol. The average molecular weight is 663 g/mol. The van der Waals surface area contributed by atoms with Crippen molar-refractivity contribution in [3.8, 4) is 0 Å². The van der Waals surface area contributed by atoms with Crippen LogP contribution >= 0.6 is 0 Å². The fraction of sp³-hybridized carbons (Fsp3) is 0.476. The Morgan fingerprint density at radius 3 is 1.88 bits per heavy atom. The van der Waals surface area contributed by atoms with Gasteiger partial charge in [-0.15, -0.1) is 0 Å². The van der Waals surface area contributed by atoms with E-state index in [9.17, 15) is 14.7 Å². The summed E-state index contributed by atoms with van der Waals surface area (Å²) >= 11 is 0. The lowest BCUT2D eigenvalue weighted by molar-refractivity contribution is -0.148. The number of aliphatic hydroxyl groups is 1. The van der Waals surface area contributed by atoms with E-state index in [4.69, 9.17) is 9.47 Å². The van der Waals surface area contributed by atoms with Crippen molar-refractivity contribution in [3.05, 3.63) is 96.1 Å². The SMILES string of the molecule is CC(C)[C@H]1C(=O)N2C(COC2(C)C)[C@H]1c1cccc2ccccc12.CC(C)[C@H]1C(=O)N2C(COC2(C)C)[C@]1(O)c1cccc2ccccc12. The zero-order valence-electron chi connectivity index (χ0n) is 30.0. The molecule has 4 aromatic rings. The molecule has 7 nitrogen and oxygen atoms in total. The average Bonchev–Trinajstić information content (AvgIpc) is 3.74. The lowest BCUT2D eigenvalue weighted by Gasteiger charge is -2.35. The van der Waals surface area contributed by atoms with Gasteiger partial charge < -0.3 is 24.4 Å². The van der Waals surface area contributed by atoms with Gasteiger partial charge in [0.25, 0.3) is 0 Å². The van der Waals surface area contributed by atoms with E-state index in [1.807, 2.05) is 88.9 Å². The van der Waals surface area contributed by atoms with Gasteiger partial charge in [0.1, 0.15) is 17.1 Å². The maximum atomic E-state index is 13.3. The van der Waals surface area contributed by atoms with Gasteiger partial charge >= 0.3 is 0 Å². The van der Waals surface area contributed by atoms with Crippen molar-refractivity contribution in [2.24, 2.45) is 23.7 Å². The van der Waals surface area contributed by atoms with E-state index >= 15 is 0 Å². The summed E-state index contributed by atoms with van der Waals surface area (Å²) in [5.41, 5.74) is -0.349. The van der Waals surface area contributed by atoms with Crippen molar-refractivity contribution < 1.29 is 24.2 Å². The van der Waals surface area contributed by atoms with Crippen LogP contribution in [-0.2, 0) is 24.7 Å². The first-order chi connectivity index (χ1) is 23.2. The summed E-state index contributed by atoms with van der Waals surface area (Å²) in [4.78, 5) is 30.2. The summed E-state index contributed by atoms with van der Waals surface area (Å²) < 4.78 is 11.9. The normalized spacial score (nSPS) is 30.0. The standard InChI is InChI=1S/C21H25NO3.C21H25NO2/c1-13(2)18-19(23)22-17(12-25-20(22,3)4)21(18,24)16-11-7-9-14-8-5-6-10-15(14)16;1-13(2)18-19(17-12-24-21(3,4)22(17)20(18)23)16-11-7-9-14-8-5-6-10-15(14)16/h5-11,13,17-18,24H,12H2,1-4H3;5-11,13,17-19H,12H2,1-4H3/t17?,18-,21+;17?,18-,19-/m01/s1. The lowest BCUT2D eigenvalue weighted by atomic mass is 9.73. The van der Waals surface area contributed by atoms with E-state index in [0.29, 0.717) is 19.1 Å². The van der Waals surface area contributed by atoms with Gasteiger partial charge in [-0.3, -0.25) is 9.59 Å². The molecule has 1 N–H and O–H groups in total. The summed E-state index contributed by atoms with van der Waals surface area (Å²) in [6, 6.07) is 28.7. The van der Waals surface area contributed by atoms with Gasteiger partial charge in [0.05, 0.1) is 31.2 Å². The molecule has 4 aromatic carbocycles. The number of benzene rings is 4. The van der Waals surface area contributed by atoms with Gasteiger partial charge in [-0.25, -0.2) is 0 Å². The summed E-state index contributed by atoms with van der Waals surface area (Å²) in [6.45, 7) is 17.1. The number of hydrogen-bond donors (Lipinski definition) is 1. The smallest absolute Gasteiger partial charge is 0.231 e. The number of fused-ring (bicyclic) bond motifs is 4. The van der Waals surface area contributed by atoms with Crippen LogP contribution in [0.25, 0.3) is 21.5 Å². The second kappa shape index (κ2) is 11.9. The molecule has 0 saturated carbocycles. The van der Waals surface area contributed by atoms with Crippen LogP contribution in [-0.4, -0.2) is 63.5 Å². The summed E-state index contributed by atoms with van der Waals surface area (Å²) in [5, 5.41) is 16.6. The Balaban J connectivity index is 0.000000154. The third-order valence-electron chi connectivity index (χ3n) is 11.6. The van der Waals surface area contributed by atoms with Crippen molar-refractivity contribution in [2.45, 2.75) is 90.4 Å². The van der Waals surface area contributed by atoms with Crippen LogP contribution in [0.3, 0.4) is 0 Å². The van der Waals surface area contributed by atoms with Gasteiger partial charge in [-0.2, -0.15) is 0 Å². The minimum Gasteiger partial charge on any atom is -0.382 e. The van der Waals surface area contributed by atoms with Crippen molar-refractivity contribution in [1.82, 2.24) is 9.80 Å². The van der Waals surface area contributed by atoms with Crippen molar-refractivity contribution in [2.75, 3.05) is 13.2 Å². The predicted octanol–water partition coefficient (Wildman–Crippen LogP) is 7.45. The lowest BCUT2D eigenvalue weighted by Crippen LogP contribution is -2.47. The molecule has 0 aliphatic carbocycles. The molecular formula is C42H50N2O5. The van der Waals surface area contributed by atoms with Crippen LogP contribution in [0.1, 0.15) is 72.4 Å². The number of carbonyl (C=O) groups excluding carboxylic acids is 2. The Labute approximate surface area is 290 Å². The number of rotatable bonds is 4. The molecule has 2 amide bonds. The first-order valence-corrected chi connectivity index (χ1v) is 17.8. The second-order valence-corrected chi connectivity index (χ2v) is 16.0. The highest BCUT2D eigenvalue weighted by Crippen LogP contribution is 2.53. The highest BCUT2D eigenvalue weighted by molar-refractivity contribution is 5.92. The molecule has 4 saturated heterocycles. The Hall–Kier alpha value is -3.78. The Kier molecular flexibility index (Phi) is 8.20. The quantitative estimate of drug-likeness (QED) is 0.246. The molecule has 0 bridgehead atoms. The summed E-state index contributed by atoms with van der Waals surface area (Å²) in [7, 11) is 0. The van der Waals surface area contributed by atoms with Crippen LogP contribution < -0.4 is 0 Å². The van der Waals surface area contributed by atoms with Crippen LogP contribution in [0, 0.1) is 23.7 Å². The van der Waals surface area contributed by atoms with E-state index < -0.39 is 23.0 Å². The fourth-order valence-electron chi connectivity index (χ4n) is 9.53. The van der Waals surface area contributed by atoms with Crippen molar-refractivity contribution >= 4 is 33.4 Å². The molecule has 0 radical (unpaired) electrons. The number of nitrogens with zero attached hydrogens (tertiary/aromatic N) is 2. The maximum absolute atomic E-state index is 13.3. The molecule has 258 valence electrons. The summed E-state index contributed by atoms with van der Waals surface area (Å²) in [6.07, 6.45) is 0. The Bertz CT molecular complexity index is 1910. The highest BCUT2D eigenvalue weighted by atomic mass is 16.5. The van der Waals surface area contributed by atoms with E-state index in [1.54, 1.807) is 4.90 Å². The van der Waals surface area contributed by atoms with Gasteiger partial charge in [0, 0.05) is 11.8 Å². The van der Waals surface area contributed by atoms with Crippen LogP contribution in [0.2, 0.25) is 0 Å². The zero-order chi connectivity index (χ0) is 35.0. The summed E-state index contributed by atoms with van der Waals surface area (Å²) in [5.74, 6) is 0.287. The number of hydrogen-bond acceptors (Lipinski definition) is 5. The van der Waals surface area contributed by atoms with Gasteiger partial charge in [0.2, 0.25) is 11.8 Å². The fourth-order valence-corrected chi connectivity index (χ4v) is 9.53. The van der Waals surface area contributed by atoms with Crippen molar-refractivity contribution in [1.29, 1.82) is 0 Å². The molecular weight excluding hydrogens is 612 g/mol. The number of ether oxygens (including phenoxy) is 2. The molecule has 4 aliphatic heterocycles. The van der Waals surface area contributed by atoms with Crippen LogP contribution in [0.15, 0.2) is 84.9 Å². The van der Waals surface area contributed by atoms with E-state index in [2.05, 4.69) is 56.3 Å². The molecule has 4 heterocycles. The third-order valence-corrected chi connectivity index (χ3v) is 11.6. The van der Waals surface area contributed by atoms with Gasteiger partial charge in [-0.1, -0.05) is 113 Å². The van der Waals surface area contributed by atoms with E-state index in [-0.39, 0.29) is 41.7 Å². The number of amides is 2. The topological polar surface area (TPSA) is 79.3 Å². The third kappa shape index (κ3) is 5.11. The van der Waals surface area contributed by atoms with E-state index in [0.717, 1.165) is 16.3 Å². The molecule has 49 heavy (non-hydrogen) atoms. The molecule has 7 heteroatoms. The Morgan fingerprint density at radius 1 is 0.673 bits per heavy atom. The second-order valence-electron chi connectivity index (χ2n) is 16.0. The minimum atomic E-state index is -1.26. The molecule has 0 aromatic heterocycles. The minimum absolute atomic E-state index is 0.0158. The molecule has 8 rings (SSSR count). The van der Waals surface area contributed by atoms with Gasteiger partial charge in [0.15, 0.2) is 0 Å². The highest BCUT2D eigenvalue weighted by Gasteiger charge is 2.66. The molecule has 4 fully saturated rings. The monoisotopic (exact) mass is 662 g/mol. The van der Waals surface area contributed by atoms with Crippen LogP contribution in [0.5, 0.6) is 0 Å². The molecule has 0 spiro atoms. The van der Waals surface area contributed by atoms with Gasteiger partial charge in [-0.05, 0) is 72.2 Å². The largest absolute Gasteiger partial charge is 0.382 e. The van der Waals surface area contributed by atoms with Crippen LogP contribution in [0.4, 0.5) is 0 Å². The Morgan fingerprint density at radius 2 is 1.22 bits per heavy atom.